The fraction of sp³-hybridized carbons (Fsp3) is 0.543. The summed E-state index contributed by atoms with van der Waals surface area (Å²) >= 11 is 0. The molecule has 2 fully saturated rings. The maximum atomic E-state index is 14.2. The third-order valence-corrected chi connectivity index (χ3v) is 8.11. The van der Waals surface area contributed by atoms with Gasteiger partial charge in [-0.25, -0.2) is 9.18 Å². The quantitative estimate of drug-likeness (QED) is 0.365. The third-order valence-electron chi connectivity index (χ3n) is 8.11. The Morgan fingerprint density at radius 1 is 0.891 bits per heavy atom. The maximum absolute atomic E-state index is 14.2. The van der Waals surface area contributed by atoms with Gasteiger partial charge in [-0.05, 0) is 55.9 Å². The lowest BCUT2D eigenvalue weighted by atomic mass is 9.85. The number of ether oxygens (including phenoxy) is 3. The van der Waals surface area contributed by atoms with Crippen molar-refractivity contribution in [3.05, 3.63) is 71.5 Å². The van der Waals surface area contributed by atoms with Gasteiger partial charge in [-0.15, -0.1) is 0 Å². The summed E-state index contributed by atoms with van der Waals surface area (Å²) in [4.78, 5) is 56.3. The molecule has 10 nitrogen and oxygen atoms in total. The van der Waals surface area contributed by atoms with Crippen LogP contribution in [-0.4, -0.2) is 76.6 Å². The molecule has 2 heterocycles. The number of nitrogens with one attached hydrogen (secondary N) is 1. The van der Waals surface area contributed by atoms with Crippen molar-refractivity contribution in [3.63, 3.8) is 0 Å². The van der Waals surface area contributed by atoms with Gasteiger partial charge >= 0.3 is 12.1 Å². The van der Waals surface area contributed by atoms with Crippen molar-refractivity contribution >= 4 is 23.9 Å². The number of esters is 1. The van der Waals surface area contributed by atoms with E-state index in [2.05, 4.69) is 5.32 Å². The zero-order chi connectivity index (χ0) is 33.6. The van der Waals surface area contributed by atoms with Crippen molar-refractivity contribution in [2.24, 2.45) is 5.41 Å². The molecule has 250 valence electrons. The van der Waals surface area contributed by atoms with Crippen LogP contribution in [0.5, 0.6) is 0 Å². The number of likely N-dealkylation sites (tertiary alicyclic amines) is 2. The summed E-state index contributed by atoms with van der Waals surface area (Å²) in [7, 11) is 0. The molecule has 4 rings (SSSR count). The van der Waals surface area contributed by atoms with Crippen LogP contribution in [0, 0.1) is 11.2 Å². The number of carbonyl (C=O) groups is 4. The Labute approximate surface area is 270 Å². The molecule has 4 atom stereocenters. The minimum atomic E-state index is -0.913. The van der Waals surface area contributed by atoms with Gasteiger partial charge in [0.15, 0.2) is 0 Å². The van der Waals surface area contributed by atoms with Crippen LogP contribution in [-0.2, 0) is 41.8 Å². The van der Waals surface area contributed by atoms with Crippen molar-refractivity contribution in [1.82, 2.24) is 15.1 Å². The summed E-state index contributed by atoms with van der Waals surface area (Å²) in [5, 5.41) is 2.79. The van der Waals surface area contributed by atoms with Crippen molar-refractivity contribution in [3.8, 4) is 0 Å². The van der Waals surface area contributed by atoms with Crippen LogP contribution in [0.4, 0.5) is 9.18 Å². The number of carbonyl (C=O) groups excluding carboxylic acids is 4. The van der Waals surface area contributed by atoms with Crippen molar-refractivity contribution in [1.29, 1.82) is 0 Å². The van der Waals surface area contributed by atoms with Crippen molar-refractivity contribution < 1.29 is 37.8 Å². The number of alkyl carbamates (subject to hydrolysis) is 1. The molecular weight excluding hydrogens is 593 g/mol. The minimum Gasteiger partial charge on any atom is -0.460 e. The minimum absolute atomic E-state index is 0.0316. The molecule has 2 aliphatic rings. The van der Waals surface area contributed by atoms with E-state index in [1.165, 1.54) is 12.1 Å². The number of amides is 3. The zero-order valence-electron chi connectivity index (χ0n) is 27.6. The van der Waals surface area contributed by atoms with Crippen LogP contribution >= 0.6 is 0 Å². The Hall–Kier alpha value is -3.99. The van der Waals surface area contributed by atoms with Gasteiger partial charge < -0.3 is 29.3 Å². The van der Waals surface area contributed by atoms with E-state index >= 15 is 0 Å². The van der Waals surface area contributed by atoms with Crippen LogP contribution in [0.3, 0.4) is 0 Å². The van der Waals surface area contributed by atoms with Crippen LogP contribution in [0.1, 0.15) is 71.9 Å². The van der Waals surface area contributed by atoms with E-state index in [9.17, 15) is 23.6 Å². The zero-order valence-corrected chi connectivity index (χ0v) is 27.6. The molecule has 0 aliphatic carbocycles. The van der Waals surface area contributed by atoms with E-state index in [-0.39, 0.29) is 56.3 Å². The molecule has 0 aromatic heterocycles. The second-order valence-corrected chi connectivity index (χ2v) is 14.0. The lowest BCUT2D eigenvalue weighted by Crippen LogP contribution is -2.57. The fourth-order valence-corrected chi connectivity index (χ4v) is 5.95. The van der Waals surface area contributed by atoms with Gasteiger partial charge in [0.2, 0.25) is 11.8 Å². The summed E-state index contributed by atoms with van der Waals surface area (Å²) < 4.78 is 30.6. The van der Waals surface area contributed by atoms with Gasteiger partial charge in [0, 0.05) is 19.5 Å². The largest absolute Gasteiger partial charge is 0.460 e. The molecule has 2 aromatic rings. The average molecular weight is 640 g/mol. The molecule has 2 aliphatic heterocycles. The smallest absolute Gasteiger partial charge is 0.408 e. The number of nitrogens with zero attached hydrogens (tertiary/aromatic N) is 2. The molecule has 46 heavy (non-hydrogen) atoms. The number of benzene rings is 2. The van der Waals surface area contributed by atoms with Crippen LogP contribution in [0.2, 0.25) is 0 Å². The molecular formula is C35H46FN3O7. The first-order valence-electron chi connectivity index (χ1n) is 15.8. The predicted octanol–water partition coefficient (Wildman–Crippen LogP) is 4.99. The molecule has 1 N–H and O–H groups in total. The summed E-state index contributed by atoms with van der Waals surface area (Å²) in [5.74, 6) is -1.34. The first kappa shape index (κ1) is 34.9. The number of hydrogen-bond acceptors (Lipinski definition) is 7. The fourth-order valence-electron chi connectivity index (χ4n) is 5.95. The summed E-state index contributed by atoms with van der Waals surface area (Å²) in [5.41, 5.74) is 0.254. The predicted molar refractivity (Wildman–Crippen MR) is 169 cm³/mol. The lowest BCUT2D eigenvalue weighted by molar-refractivity contribution is -0.156. The van der Waals surface area contributed by atoms with Gasteiger partial charge in [-0.1, -0.05) is 63.2 Å². The van der Waals surface area contributed by atoms with Crippen molar-refractivity contribution in [2.75, 3.05) is 13.1 Å². The molecule has 0 spiro atoms. The number of fused-ring (bicyclic) bond motifs is 1. The van der Waals surface area contributed by atoms with Crippen LogP contribution < -0.4 is 5.32 Å². The summed E-state index contributed by atoms with van der Waals surface area (Å²) in [6, 6.07) is 13.5. The first-order chi connectivity index (χ1) is 21.6. The standard InChI is InChI=1S/C35H46FN3O7/c1-34(2,3)31(37-33(43)45-22-23-10-8-7-9-11-23)32(42)38-19-18-26-30(38)27(44-21-24-12-14-25(36)15-13-24)20-39(26)28(40)16-17-29(41)46-35(4,5)6/h7-15,26-27,30-31H,16-22H2,1-6H3,(H,37,43)/t26-,27+,30+,31-/m1/s1. The number of hydrogen-bond donors (Lipinski definition) is 1. The van der Waals surface area contributed by atoms with E-state index in [0.29, 0.717) is 13.0 Å². The normalized spacial score (nSPS) is 20.2. The van der Waals surface area contributed by atoms with Gasteiger partial charge in [0.1, 0.15) is 24.1 Å². The topological polar surface area (TPSA) is 114 Å². The highest BCUT2D eigenvalue weighted by Gasteiger charge is 2.54. The molecule has 2 saturated heterocycles. The van der Waals surface area contributed by atoms with Gasteiger partial charge in [-0.3, -0.25) is 14.4 Å². The molecule has 11 heteroatoms. The molecule has 0 saturated carbocycles. The van der Waals surface area contributed by atoms with E-state index in [1.54, 1.807) is 42.7 Å². The second kappa shape index (κ2) is 14.6. The summed E-state index contributed by atoms with van der Waals surface area (Å²) in [6.45, 7) is 11.7. The van der Waals surface area contributed by atoms with E-state index in [0.717, 1.165) is 11.1 Å². The Morgan fingerprint density at radius 3 is 2.17 bits per heavy atom. The first-order valence-corrected chi connectivity index (χ1v) is 15.8. The Bertz CT molecular complexity index is 1370. The van der Waals surface area contributed by atoms with Gasteiger partial charge in [-0.2, -0.15) is 0 Å². The molecule has 3 amide bonds. The third kappa shape index (κ3) is 9.28. The van der Waals surface area contributed by atoms with Gasteiger partial charge in [0.05, 0.1) is 31.2 Å². The maximum Gasteiger partial charge on any atom is 0.408 e. The average Bonchev–Trinajstić information content (AvgIpc) is 3.57. The Kier molecular flexibility index (Phi) is 11.1. The van der Waals surface area contributed by atoms with Gasteiger partial charge in [0.25, 0.3) is 0 Å². The molecule has 0 unspecified atom stereocenters. The molecule has 0 bridgehead atoms. The van der Waals surface area contributed by atoms with Crippen molar-refractivity contribution in [2.45, 2.75) is 104 Å². The second-order valence-electron chi connectivity index (χ2n) is 14.0. The molecule has 2 aromatic carbocycles. The molecule has 0 radical (unpaired) electrons. The Morgan fingerprint density at radius 2 is 1.54 bits per heavy atom. The number of halogens is 1. The highest BCUT2D eigenvalue weighted by atomic mass is 19.1. The lowest BCUT2D eigenvalue weighted by Gasteiger charge is -2.36. The Balaban J connectivity index is 1.50. The van der Waals surface area contributed by atoms with E-state index in [4.69, 9.17) is 14.2 Å². The highest BCUT2D eigenvalue weighted by molar-refractivity contribution is 5.88. The SMILES string of the molecule is CC(C)(C)OC(=O)CCC(=O)N1C[C@H](OCc2ccc(F)cc2)[C@@H]2[C@H]1CCN2C(=O)[C@@H](NC(=O)OCc1ccccc1)C(C)(C)C. The van der Waals surface area contributed by atoms with E-state index in [1.807, 2.05) is 51.1 Å². The van der Waals surface area contributed by atoms with Crippen LogP contribution in [0.25, 0.3) is 0 Å². The highest BCUT2D eigenvalue weighted by Crippen LogP contribution is 2.36. The van der Waals surface area contributed by atoms with E-state index < -0.39 is 41.3 Å². The number of rotatable bonds is 10. The van der Waals surface area contributed by atoms with Crippen LogP contribution in [0.15, 0.2) is 54.6 Å². The monoisotopic (exact) mass is 639 g/mol. The summed E-state index contributed by atoms with van der Waals surface area (Å²) in [6.07, 6.45) is -0.828.